The average Bonchev–Trinajstić information content (AvgIpc) is 2.21. The van der Waals surface area contributed by atoms with Gasteiger partial charge >= 0.3 is 12.1 Å². The van der Waals surface area contributed by atoms with E-state index in [0.29, 0.717) is 0 Å². The van der Waals surface area contributed by atoms with E-state index in [1.807, 2.05) is 0 Å². The molecular formula is C7H8F3NO5S. The van der Waals surface area contributed by atoms with Gasteiger partial charge in [-0.05, 0) is 0 Å². The highest BCUT2D eigenvalue weighted by Gasteiger charge is 2.52. The number of halogens is 3. The van der Waals surface area contributed by atoms with Crippen molar-refractivity contribution in [2.75, 3.05) is 5.75 Å². The molecule has 17 heavy (non-hydrogen) atoms. The van der Waals surface area contributed by atoms with Gasteiger partial charge in [0.25, 0.3) is 0 Å². The summed E-state index contributed by atoms with van der Waals surface area (Å²) in [6, 6.07) is -1.85. The molecule has 1 heterocycles. The van der Waals surface area contributed by atoms with Gasteiger partial charge < -0.3 is 10.4 Å². The number of hydrogen-bond acceptors (Lipinski definition) is 4. The molecule has 0 aromatic rings. The second kappa shape index (κ2) is 4.17. The molecular weight excluding hydrogens is 267 g/mol. The molecule has 0 bridgehead atoms. The van der Waals surface area contributed by atoms with Gasteiger partial charge in [0.1, 0.15) is 6.04 Å². The molecule has 1 saturated heterocycles. The molecule has 2 atom stereocenters. The normalized spacial score (nSPS) is 29.2. The summed E-state index contributed by atoms with van der Waals surface area (Å²) in [5, 5.41) is 7.41. The Morgan fingerprint density at radius 3 is 2.35 bits per heavy atom. The lowest BCUT2D eigenvalue weighted by atomic mass is 10.2. The Hall–Kier alpha value is -1.32. The first-order valence-electron chi connectivity index (χ1n) is 4.34. The highest BCUT2D eigenvalue weighted by molar-refractivity contribution is 7.92. The van der Waals surface area contributed by atoms with Crippen molar-refractivity contribution < 1.29 is 36.3 Å². The van der Waals surface area contributed by atoms with Gasteiger partial charge in [0.05, 0.1) is 12.2 Å². The van der Waals surface area contributed by atoms with Crippen molar-refractivity contribution in [2.24, 2.45) is 0 Å². The number of amides is 1. The van der Waals surface area contributed by atoms with Crippen LogP contribution in [-0.2, 0) is 19.4 Å². The zero-order valence-corrected chi connectivity index (χ0v) is 9.01. The first-order chi connectivity index (χ1) is 7.54. The first kappa shape index (κ1) is 13.7. The van der Waals surface area contributed by atoms with Gasteiger partial charge in [-0.3, -0.25) is 4.79 Å². The molecule has 0 unspecified atom stereocenters. The lowest BCUT2D eigenvalue weighted by Gasteiger charge is -2.17. The van der Waals surface area contributed by atoms with E-state index in [0.717, 1.165) is 0 Å². The molecule has 10 heteroatoms. The summed E-state index contributed by atoms with van der Waals surface area (Å²) in [5.74, 6) is -4.20. The zero-order chi connectivity index (χ0) is 13.4. The number of nitrogens with one attached hydrogen (secondary N) is 1. The van der Waals surface area contributed by atoms with Crippen LogP contribution in [0.25, 0.3) is 0 Å². The minimum atomic E-state index is -5.09. The Kier molecular flexibility index (Phi) is 3.37. The largest absolute Gasteiger partial charge is 0.480 e. The summed E-state index contributed by atoms with van der Waals surface area (Å²) in [7, 11) is -4.73. The number of carboxylic acids is 1. The molecule has 98 valence electrons. The quantitative estimate of drug-likeness (QED) is 0.659. The number of rotatable bonds is 1. The predicted octanol–water partition coefficient (Wildman–Crippen LogP) is -0.695. The zero-order valence-electron chi connectivity index (χ0n) is 8.19. The Labute approximate surface area is 93.7 Å². The van der Waals surface area contributed by atoms with Gasteiger partial charge in [-0.2, -0.15) is 13.2 Å². The van der Waals surface area contributed by atoms with Crippen molar-refractivity contribution in [3.05, 3.63) is 0 Å². The second-order valence-corrected chi connectivity index (χ2v) is 5.75. The Morgan fingerprint density at radius 1 is 1.41 bits per heavy atom. The lowest BCUT2D eigenvalue weighted by molar-refractivity contribution is -0.143. The highest BCUT2D eigenvalue weighted by Crippen LogP contribution is 2.30. The molecule has 0 radical (unpaired) electrons. The number of sulfone groups is 1. The number of carbonyl (C=O) groups excluding carboxylic acids is 1. The monoisotopic (exact) mass is 275 g/mol. The SMILES string of the molecule is O=C1C[C@@H](C(F)(F)F)S(=O)(=O)C[C@H](C(=O)O)N1. The van der Waals surface area contributed by atoms with Gasteiger partial charge in [-0.15, -0.1) is 0 Å². The number of alkyl halides is 3. The van der Waals surface area contributed by atoms with Crippen molar-refractivity contribution in [1.29, 1.82) is 0 Å². The fourth-order valence-electron chi connectivity index (χ4n) is 1.39. The van der Waals surface area contributed by atoms with Crippen LogP contribution < -0.4 is 5.32 Å². The fourth-order valence-corrected chi connectivity index (χ4v) is 3.13. The van der Waals surface area contributed by atoms with E-state index in [1.54, 1.807) is 5.32 Å². The Morgan fingerprint density at radius 2 is 1.94 bits per heavy atom. The smallest absolute Gasteiger partial charge is 0.405 e. The third kappa shape index (κ3) is 3.08. The summed E-state index contributed by atoms with van der Waals surface area (Å²) in [4.78, 5) is 21.5. The van der Waals surface area contributed by atoms with Crippen LogP contribution in [-0.4, -0.2) is 48.6 Å². The predicted molar refractivity (Wildman–Crippen MR) is 47.8 cm³/mol. The van der Waals surface area contributed by atoms with E-state index in [-0.39, 0.29) is 0 Å². The first-order valence-corrected chi connectivity index (χ1v) is 6.06. The number of carbonyl (C=O) groups is 2. The minimum Gasteiger partial charge on any atom is -0.480 e. The maximum Gasteiger partial charge on any atom is 0.405 e. The van der Waals surface area contributed by atoms with Crippen molar-refractivity contribution >= 4 is 21.7 Å². The summed E-state index contributed by atoms with van der Waals surface area (Å²) in [6.45, 7) is 0. The highest BCUT2D eigenvalue weighted by atomic mass is 32.2. The molecule has 1 amide bonds. The van der Waals surface area contributed by atoms with E-state index in [9.17, 15) is 31.2 Å². The molecule has 0 aromatic heterocycles. The van der Waals surface area contributed by atoms with Gasteiger partial charge in [-0.1, -0.05) is 0 Å². The van der Waals surface area contributed by atoms with Crippen LogP contribution in [0.2, 0.25) is 0 Å². The minimum absolute atomic E-state index is 1.25. The lowest BCUT2D eigenvalue weighted by Crippen LogP contribution is -2.43. The number of aliphatic carboxylic acids is 1. The molecule has 2 N–H and O–H groups in total. The molecule has 1 aliphatic rings. The fraction of sp³-hybridized carbons (Fsp3) is 0.714. The number of carboxylic acid groups (broad SMARTS) is 1. The maximum atomic E-state index is 12.4. The Bertz CT molecular complexity index is 443. The van der Waals surface area contributed by atoms with Gasteiger partial charge in [0.15, 0.2) is 15.1 Å². The van der Waals surface area contributed by atoms with Crippen LogP contribution in [0.5, 0.6) is 0 Å². The Balaban J connectivity index is 3.14. The summed E-state index contributed by atoms with van der Waals surface area (Å²) in [6.07, 6.45) is -6.40. The summed E-state index contributed by atoms with van der Waals surface area (Å²) >= 11 is 0. The van der Waals surface area contributed by atoms with E-state index in [4.69, 9.17) is 5.11 Å². The van der Waals surface area contributed by atoms with Gasteiger partial charge in [0.2, 0.25) is 5.91 Å². The maximum absolute atomic E-state index is 12.4. The van der Waals surface area contributed by atoms with E-state index < -0.39 is 51.4 Å². The average molecular weight is 275 g/mol. The molecule has 0 aliphatic carbocycles. The topological polar surface area (TPSA) is 101 Å². The third-order valence-corrected chi connectivity index (χ3v) is 4.30. The van der Waals surface area contributed by atoms with Crippen LogP contribution in [0.15, 0.2) is 0 Å². The van der Waals surface area contributed by atoms with Crippen molar-refractivity contribution in [1.82, 2.24) is 5.32 Å². The van der Waals surface area contributed by atoms with Crippen molar-refractivity contribution in [3.63, 3.8) is 0 Å². The van der Waals surface area contributed by atoms with Crippen LogP contribution in [0.3, 0.4) is 0 Å². The van der Waals surface area contributed by atoms with E-state index in [1.165, 1.54) is 0 Å². The summed E-state index contributed by atoms with van der Waals surface area (Å²) < 4.78 is 59.9. The van der Waals surface area contributed by atoms with Crippen LogP contribution >= 0.6 is 0 Å². The molecule has 0 aromatic carbocycles. The molecule has 1 fully saturated rings. The van der Waals surface area contributed by atoms with Gasteiger partial charge in [0, 0.05) is 0 Å². The molecule has 1 rings (SSSR count). The van der Waals surface area contributed by atoms with E-state index >= 15 is 0 Å². The molecule has 0 spiro atoms. The van der Waals surface area contributed by atoms with Crippen LogP contribution in [0.1, 0.15) is 6.42 Å². The van der Waals surface area contributed by atoms with Crippen LogP contribution in [0.4, 0.5) is 13.2 Å². The standard InChI is InChI=1S/C7H8F3NO5S/c8-7(9,10)4-1-5(12)11-3(6(13)14)2-17(4,15)16/h3-4H,1-2H2,(H,11,12)(H,13,14)/t3-,4+/m1/s1. The van der Waals surface area contributed by atoms with Gasteiger partial charge in [-0.25, -0.2) is 13.2 Å². The molecule has 1 aliphatic heterocycles. The number of hydrogen-bond donors (Lipinski definition) is 2. The van der Waals surface area contributed by atoms with Crippen molar-refractivity contribution in [3.8, 4) is 0 Å². The molecule has 6 nitrogen and oxygen atoms in total. The molecule has 0 saturated carbocycles. The van der Waals surface area contributed by atoms with E-state index in [2.05, 4.69) is 0 Å². The second-order valence-electron chi connectivity index (χ2n) is 3.52. The summed E-state index contributed by atoms with van der Waals surface area (Å²) in [5.41, 5.74) is 0. The third-order valence-electron chi connectivity index (χ3n) is 2.20. The van der Waals surface area contributed by atoms with Crippen molar-refractivity contribution in [2.45, 2.75) is 23.9 Å². The van der Waals surface area contributed by atoms with Crippen LogP contribution in [0, 0.1) is 0 Å².